The topological polar surface area (TPSA) is 73.1 Å². The fourth-order valence-electron chi connectivity index (χ4n) is 4.11. The van der Waals surface area contributed by atoms with E-state index in [4.69, 9.17) is 11.6 Å². The summed E-state index contributed by atoms with van der Waals surface area (Å²) in [5.74, 6) is -1.21. The molecule has 3 heterocycles. The molecule has 1 aliphatic heterocycles. The van der Waals surface area contributed by atoms with Crippen LogP contribution in [0.25, 0.3) is 10.9 Å². The third-order valence-electron chi connectivity index (χ3n) is 6.13. The van der Waals surface area contributed by atoms with E-state index >= 15 is 0 Å². The van der Waals surface area contributed by atoms with E-state index in [-0.39, 0.29) is 0 Å². The fourth-order valence-corrected chi connectivity index (χ4v) is 4.39. The normalized spacial score (nSPS) is 17.4. The highest BCUT2D eigenvalue weighted by molar-refractivity contribution is 6.33. The zero-order chi connectivity index (χ0) is 20.9. The Kier molecular flexibility index (Phi) is 4.54. The second-order valence-electron chi connectivity index (χ2n) is 8.11. The molecule has 2 amide bonds. The van der Waals surface area contributed by atoms with E-state index in [0.29, 0.717) is 32.7 Å². The number of carbonyl (C=O) groups excluding carboxylic acids is 1. The van der Waals surface area contributed by atoms with Gasteiger partial charge in [-0.3, -0.25) is 0 Å². The molecule has 6 nitrogen and oxygen atoms in total. The summed E-state index contributed by atoms with van der Waals surface area (Å²) < 4.78 is 26.9. The minimum absolute atomic E-state index is 0.333. The summed E-state index contributed by atoms with van der Waals surface area (Å²) in [5, 5.41) is 6.14. The van der Waals surface area contributed by atoms with E-state index in [1.54, 1.807) is 12.3 Å². The molecule has 1 spiro atoms. The molecule has 5 rings (SSSR count). The monoisotopic (exact) mass is 431 g/mol. The van der Waals surface area contributed by atoms with Gasteiger partial charge in [-0.15, -0.1) is 0 Å². The molecule has 1 saturated carbocycles. The van der Waals surface area contributed by atoms with Gasteiger partial charge in [-0.05, 0) is 43.2 Å². The second-order valence-corrected chi connectivity index (χ2v) is 8.52. The summed E-state index contributed by atoms with van der Waals surface area (Å²) >= 11 is 6.43. The number of halogens is 3. The number of benzene rings is 1. The molecule has 2 aromatic heterocycles. The molecule has 1 saturated heterocycles. The number of nitrogens with one attached hydrogen (secondary N) is 3. The van der Waals surface area contributed by atoms with E-state index < -0.39 is 17.7 Å². The van der Waals surface area contributed by atoms with Crippen LogP contribution in [-0.2, 0) is 0 Å². The van der Waals surface area contributed by atoms with Crippen LogP contribution in [0.3, 0.4) is 0 Å². The summed E-state index contributed by atoms with van der Waals surface area (Å²) in [4.78, 5) is 21.8. The minimum Gasteiger partial charge on any atom is -0.359 e. The quantitative estimate of drug-likeness (QED) is 0.511. The average Bonchev–Trinajstić information content (AvgIpc) is 3.37. The lowest BCUT2D eigenvalue weighted by Crippen LogP contribution is -2.35. The van der Waals surface area contributed by atoms with E-state index in [2.05, 4.69) is 25.5 Å². The number of anilines is 3. The van der Waals surface area contributed by atoms with E-state index in [0.717, 1.165) is 31.0 Å². The first-order valence-electron chi connectivity index (χ1n) is 9.87. The number of nitrogens with zero attached hydrogens (tertiary/aromatic N) is 2. The number of hydrogen-bond donors (Lipinski definition) is 3. The third-order valence-corrected chi connectivity index (χ3v) is 6.41. The van der Waals surface area contributed by atoms with Crippen LogP contribution in [0.1, 0.15) is 25.7 Å². The van der Waals surface area contributed by atoms with Gasteiger partial charge < -0.3 is 20.5 Å². The van der Waals surface area contributed by atoms with Crippen molar-refractivity contribution in [3.63, 3.8) is 0 Å². The van der Waals surface area contributed by atoms with Gasteiger partial charge in [0.2, 0.25) is 0 Å². The summed E-state index contributed by atoms with van der Waals surface area (Å²) in [6.07, 6.45) is 8.04. The third kappa shape index (κ3) is 3.56. The van der Waals surface area contributed by atoms with Gasteiger partial charge in [-0.1, -0.05) is 11.6 Å². The number of pyridine rings is 1. The van der Waals surface area contributed by atoms with Gasteiger partial charge in [0, 0.05) is 30.7 Å². The summed E-state index contributed by atoms with van der Waals surface area (Å²) in [6, 6.07) is 3.20. The van der Waals surface area contributed by atoms with Crippen molar-refractivity contribution in [1.29, 1.82) is 0 Å². The van der Waals surface area contributed by atoms with Crippen LogP contribution in [0.5, 0.6) is 0 Å². The highest BCUT2D eigenvalue weighted by Crippen LogP contribution is 2.54. The van der Waals surface area contributed by atoms with Crippen LogP contribution in [0.4, 0.5) is 30.8 Å². The Morgan fingerprint density at radius 2 is 1.83 bits per heavy atom. The first-order chi connectivity index (χ1) is 14.4. The van der Waals surface area contributed by atoms with E-state index in [1.807, 2.05) is 0 Å². The van der Waals surface area contributed by atoms with Crippen molar-refractivity contribution in [1.82, 2.24) is 9.97 Å². The van der Waals surface area contributed by atoms with Crippen molar-refractivity contribution < 1.29 is 13.6 Å². The zero-order valence-corrected chi connectivity index (χ0v) is 16.8. The van der Waals surface area contributed by atoms with Crippen LogP contribution in [0.2, 0.25) is 5.02 Å². The largest absolute Gasteiger partial charge is 0.359 e. The molecule has 0 bridgehead atoms. The van der Waals surface area contributed by atoms with Crippen molar-refractivity contribution in [2.45, 2.75) is 25.7 Å². The van der Waals surface area contributed by atoms with Gasteiger partial charge in [0.25, 0.3) is 0 Å². The maximum absolute atomic E-state index is 13.5. The van der Waals surface area contributed by atoms with Crippen LogP contribution in [0, 0.1) is 17.0 Å². The molecule has 2 aliphatic rings. The Hall–Kier alpha value is -2.87. The van der Waals surface area contributed by atoms with Gasteiger partial charge in [0.15, 0.2) is 11.6 Å². The average molecular weight is 432 g/mol. The van der Waals surface area contributed by atoms with E-state index in [1.165, 1.54) is 31.9 Å². The first kappa shape index (κ1) is 19.1. The molecule has 9 heteroatoms. The molecule has 0 atom stereocenters. The molecular weight excluding hydrogens is 412 g/mol. The number of carbonyl (C=O) groups is 1. The number of aromatic amines is 1. The summed E-state index contributed by atoms with van der Waals surface area (Å²) in [6.45, 7) is 1.88. The van der Waals surface area contributed by atoms with Crippen molar-refractivity contribution in [3.8, 4) is 0 Å². The van der Waals surface area contributed by atoms with Gasteiger partial charge in [0.05, 0.1) is 28.1 Å². The first-order valence-corrected chi connectivity index (χ1v) is 10.2. The minimum atomic E-state index is -0.984. The number of amides is 2. The van der Waals surface area contributed by atoms with Crippen LogP contribution >= 0.6 is 11.6 Å². The molecule has 156 valence electrons. The molecule has 30 heavy (non-hydrogen) atoms. The Bertz CT molecular complexity index is 1130. The number of hydrogen-bond acceptors (Lipinski definition) is 3. The van der Waals surface area contributed by atoms with Gasteiger partial charge >= 0.3 is 6.03 Å². The maximum Gasteiger partial charge on any atom is 0.323 e. The van der Waals surface area contributed by atoms with Gasteiger partial charge in [0.1, 0.15) is 5.82 Å². The number of aromatic nitrogens is 2. The van der Waals surface area contributed by atoms with Gasteiger partial charge in [-0.2, -0.15) is 0 Å². The Balaban J connectivity index is 1.26. The molecule has 0 radical (unpaired) electrons. The summed E-state index contributed by atoms with van der Waals surface area (Å²) in [7, 11) is 0. The standard InChI is InChI=1S/C21H20ClF2N5O/c22-14-7-12(10-26-19(14)29-5-3-21(1-2-21)4-6-29)27-20(30)28-18-11-25-17-9-16(24)15(23)8-13(17)18/h7-11,25H,1-6H2,(H2,27,28,30). The second kappa shape index (κ2) is 7.12. The lowest BCUT2D eigenvalue weighted by molar-refractivity contribution is 0.262. The van der Waals surface area contributed by atoms with Gasteiger partial charge in [-0.25, -0.2) is 18.6 Å². The van der Waals surface area contributed by atoms with Crippen molar-refractivity contribution in [3.05, 3.63) is 47.2 Å². The van der Waals surface area contributed by atoms with Crippen molar-refractivity contribution in [2.24, 2.45) is 5.41 Å². The Morgan fingerprint density at radius 1 is 1.10 bits per heavy atom. The van der Waals surface area contributed by atoms with Crippen LogP contribution in [0.15, 0.2) is 30.6 Å². The highest BCUT2D eigenvalue weighted by Gasteiger charge is 2.44. The van der Waals surface area contributed by atoms with Crippen molar-refractivity contribution in [2.75, 3.05) is 28.6 Å². The molecule has 3 N–H and O–H groups in total. The van der Waals surface area contributed by atoms with Crippen LogP contribution < -0.4 is 15.5 Å². The lowest BCUT2D eigenvalue weighted by Gasteiger charge is -2.33. The Labute approximate surface area is 176 Å². The summed E-state index contributed by atoms with van der Waals surface area (Å²) in [5.41, 5.74) is 1.72. The fraction of sp³-hybridized carbons (Fsp3) is 0.333. The zero-order valence-electron chi connectivity index (χ0n) is 16.1. The molecule has 3 aromatic rings. The number of urea groups is 1. The molecule has 0 unspecified atom stereocenters. The molecule has 2 fully saturated rings. The highest BCUT2D eigenvalue weighted by atomic mass is 35.5. The number of rotatable bonds is 3. The van der Waals surface area contributed by atoms with Crippen LogP contribution in [-0.4, -0.2) is 29.1 Å². The number of piperidine rings is 1. The number of fused-ring (bicyclic) bond motifs is 1. The molecular formula is C21H20ClF2N5O. The predicted molar refractivity (Wildman–Crippen MR) is 113 cm³/mol. The van der Waals surface area contributed by atoms with E-state index in [9.17, 15) is 13.6 Å². The maximum atomic E-state index is 13.5. The lowest BCUT2D eigenvalue weighted by atomic mass is 9.94. The predicted octanol–water partition coefficient (Wildman–Crippen LogP) is 5.52. The smallest absolute Gasteiger partial charge is 0.323 e. The van der Waals surface area contributed by atoms with Crippen molar-refractivity contribution >= 4 is 45.7 Å². The molecule has 1 aliphatic carbocycles. The SMILES string of the molecule is O=C(Nc1cnc(N2CCC3(CC2)CC3)c(Cl)c1)Nc1c[nH]c2cc(F)c(F)cc12. The molecule has 1 aromatic carbocycles. The Morgan fingerprint density at radius 3 is 2.53 bits per heavy atom. The number of H-pyrrole nitrogens is 1.